The number of hydrogen-bond acceptors (Lipinski definition) is 5. The Morgan fingerprint density at radius 3 is 2.35 bits per heavy atom. The van der Waals surface area contributed by atoms with Crippen LogP contribution in [0.2, 0.25) is 0 Å². The number of carbonyl (C=O) groups is 1. The maximum absolute atomic E-state index is 13.1. The average molecular weight is 451 g/mol. The van der Waals surface area contributed by atoms with Crippen LogP contribution >= 0.6 is 0 Å². The number of aliphatic carboxylic acids is 1. The summed E-state index contributed by atoms with van der Waals surface area (Å²) in [4.78, 5) is 9.08. The first-order chi connectivity index (χ1) is 14.6. The molecule has 1 aliphatic heterocycles. The first kappa shape index (κ1) is 22.3. The lowest BCUT2D eigenvalue weighted by Crippen LogP contribution is -2.21. The van der Waals surface area contributed by atoms with E-state index in [1.54, 1.807) is 6.20 Å². The van der Waals surface area contributed by atoms with Crippen LogP contribution < -0.4 is 5.32 Å². The van der Waals surface area contributed by atoms with Crippen LogP contribution in [-0.2, 0) is 27.8 Å². The summed E-state index contributed by atoms with van der Waals surface area (Å²) < 4.78 is 59.2. The number of aromatic nitrogens is 1. The minimum absolute atomic E-state index is 0.186. The van der Waals surface area contributed by atoms with Crippen molar-refractivity contribution in [1.29, 1.82) is 5.26 Å². The molecule has 0 atom stereocenters. The van der Waals surface area contributed by atoms with Crippen molar-refractivity contribution < 1.29 is 31.5 Å². The zero-order valence-electron chi connectivity index (χ0n) is 15.8. The summed E-state index contributed by atoms with van der Waals surface area (Å²) in [7, 11) is -3.69. The highest BCUT2D eigenvalue weighted by Crippen LogP contribution is 2.30. The minimum atomic E-state index is -5.08. The van der Waals surface area contributed by atoms with Crippen LogP contribution in [0.4, 0.5) is 13.2 Å². The number of halogens is 3. The molecule has 0 saturated carbocycles. The molecule has 4 rings (SSSR count). The van der Waals surface area contributed by atoms with E-state index in [2.05, 4.69) is 5.32 Å². The summed E-state index contributed by atoms with van der Waals surface area (Å²) in [6, 6.07) is 13.8. The Morgan fingerprint density at radius 2 is 1.77 bits per heavy atom. The molecule has 31 heavy (non-hydrogen) atoms. The molecule has 2 aromatic carbocycles. The molecule has 0 spiro atoms. The first-order valence-corrected chi connectivity index (χ1v) is 10.4. The molecule has 1 aliphatic rings. The van der Waals surface area contributed by atoms with Gasteiger partial charge in [0.1, 0.15) is 0 Å². The fraction of sp³-hybridized carbons (Fsp3) is 0.200. The van der Waals surface area contributed by atoms with Gasteiger partial charge in [0.25, 0.3) is 10.0 Å². The van der Waals surface area contributed by atoms with E-state index in [1.807, 2.05) is 24.3 Å². The summed E-state index contributed by atoms with van der Waals surface area (Å²) >= 11 is 0. The van der Waals surface area contributed by atoms with E-state index in [0.717, 1.165) is 36.0 Å². The van der Waals surface area contributed by atoms with Gasteiger partial charge < -0.3 is 10.4 Å². The van der Waals surface area contributed by atoms with E-state index < -0.39 is 22.2 Å². The largest absolute Gasteiger partial charge is 0.490 e. The monoisotopic (exact) mass is 451 g/mol. The van der Waals surface area contributed by atoms with Gasteiger partial charge in [-0.1, -0.05) is 12.1 Å². The van der Waals surface area contributed by atoms with Crippen LogP contribution in [0.3, 0.4) is 0 Å². The second-order valence-electron chi connectivity index (χ2n) is 6.63. The third kappa shape index (κ3) is 4.55. The fourth-order valence-electron chi connectivity index (χ4n) is 3.21. The topological polar surface area (TPSA) is 112 Å². The lowest BCUT2D eigenvalue weighted by atomic mass is 10.1. The van der Waals surface area contributed by atoms with Crippen LogP contribution in [0.5, 0.6) is 0 Å². The molecule has 0 saturated heterocycles. The Balaban J connectivity index is 0.000000339. The van der Waals surface area contributed by atoms with E-state index in [0.29, 0.717) is 11.1 Å². The molecular formula is C20H16F3N3O4S. The van der Waals surface area contributed by atoms with Crippen molar-refractivity contribution in [2.75, 3.05) is 6.54 Å². The van der Waals surface area contributed by atoms with Crippen molar-refractivity contribution >= 4 is 26.9 Å². The lowest BCUT2D eigenvalue weighted by molar-refractivity contribution is -0.192. The fourth-order valence-corrected chi connectivity index (χ4v) is 4.60. The quantitative estimate of drug-likeness (QED) is 0.620. The molecule has 2 heterocycles. The van der Waals surface area contributed by atoms with Gasteiger partial charge in [-0.2, -0.15) is 18.4 Å². The highest BCUT2D eigenvalue weighted by atomic mass is 32.2. The van der Waals surface area contributed by atoms with Gasteiger partial charge in [-0.3, -0.25) is 0 Å². The molecule has 162 valence electrons. The number of nitrogens with one attached hydrogen (secondary N) is 1. The summed E-state index contributed by atoms with van der Waals surface area (Å²) in [6.07, 6.45) is -2.56. The molecule has 7 nitrogen and oxygen atoms in total. The molecule has 0 fully saturated rings. The lowest BCUT2D eigenvalue weighted by Gasteiger charge is -2.09. The third-order valence-corrected chi connectivity index (χ3v) is 6.32. The SMILES string of the molecule is N#Cc1ccc(S(=O)(=O)n2cc3c4c(cccc42)CNCC3)cc1.O=C(O)C(F)(F)F. The molecule has 0 unspecified atom stereocenters. The van der Waals surface area contributed by atoms with Crippen LogP contribution in [-0.4, -0.2) is 36.2 Å². The van der Waals surface area contributed by atoms with Gasteiger partial charge in [0.15, 0.2) is 0 Å². The zero-order valence-corrected chi connectivity index (χ0v) is 16.7. The average Bonchev–Trinajstić information content (AvgIpc) is 2.98. The number of rotatable bonds is 2. The number of alkyl halides is 3. The van der Waals surface area contributed by atoms with Crippen LogP contribution in [0.1, 0.15) is 16.7 Å². The van der Waals surface area contributed by atoms with Gasteiger partial charge in [-0.05, 0) is 54.4 Å². The molecule has 0 amide bonds. The summed E-state index contributed by atoms with van der Waals surface area (Å²) in [5, 5.41) is 20.4. The molecule has 11 heteroatoms. The van der Waals surface area contributed by atoms with E-state index >= 15 is 0 Å². The van der Waals surface area contributed by atoms with Gasteiger partial charge in [0.2, 0.25) is 0 Å². The maximum Gasteiger partial charge on any atom is 0.490 e. The molecule has 0 aliphatic carbocycles. The van der Waals surface area contributed by atoms with Gasteiger partial charge in [0.05, 0.1) is 22.0 Å². The number of carboxylic acids is 1. The highest BCUT2D eigenvalue weighted by molar-refractivity contribution is 7.90. The van der Waals surface area contributed by atoms with Gasteiger partial charge in [-0.25, -0.2) is 17.2 Å². The van der Waals surface area contributed by atoms with E-state index in [1.165, 1.54) is 28.2 Å². The van der Waals surface area contributed by atoms with Crippen LogP contribution in [0, 0.1) is 11.3 Å². The molecule has 0 bridgehead atoms. The van der Waals surface area contributed by atoms with Crippen molar-refractivity contribution in [2.24, 2.45) is 0 Å². The Hall–Kier alpha value is -3.36. The second-order valence-corrected chi connectivity index (χ2v) is 8.45. The first-order valence-electron chi connectivity index (χ1n) is 8.94. The van der Waals surface area contributed by atoms with Crippen molar-refractivity contribution in [3.8, 4) is 6.07 Å². The number of hydrogen-bond donors (Lipinski definition) is 2. The molecule has 3 aromatic rings. The second kappa shape index (κ2) is 8.41. The van der Waals surface area contributed by atoms with Crippen molar-refractivity contribution in [1.82, 2.24) is 9.29 Å². The zero-order chi connectivity index (χ0) is 22.8. The van der Waals surface area contributed by atoms with E-state index in [-0.39, 0.29) is 4.90 Å². The molecular weight excluding hydrogens is 435 g/mol. The van der Waals surface area contributed by atoms with Crippen LogP contribution in [0.25, 0.3) is 10.9 Å². The molecule has 2 N–H and O–H groups in total. The Kier molecular flexibility index (Phi) is 6.06. The van der Waals surface area contributed by atoms with Gasteiger partial charge in [0, 0.05) is 18.1 Å². The van der Waals surface area contributed by atoms with Crippen molar-refractivity contribution in [2.45, 2.75) is 24.0 Å². The predicted octanol–water partition coefficient (Wildman–Crippen LogP) is 3.03. The Labute approximate surface area is 175 Å². The third-order valence-electron chi connectivity index (χ3n) is 4.63. The smallest absolute Gasteiger partial charge is 0.475 e. The number of nitriles is 1. The normalized spacial score (nSPS) is 13.6. The Bertz CT molecular complexity index is 1270. The van der Waals surface area contributed by atoms with Crippen molar-refractivity contribution in [3.05, 3.63) is 65.4 Å². The number of nitrogens with zero attached hydrogens (tertiary/aromatic N) is 2. The summed E-state index contributed by atoms with van der Waals surface area (Å²) in [6.45, 7) is 1.57. The minimum Gasteiger partial charge on any atom is -0.475 e. The van der Waals surface area contributed by atoms with E-state index in [9.17, 15) is 21.6 Å². The molecule has 0 radical (unpaired) electrons. The van der Waals surface area contributed by atoms with Crippen molar-refractivity contribution in [3.63, 3.8) is 0 Å². The number of carboxylic acid groups (broad SMARTS) is 1. The Morgan fingerprint density at radius 1 is 1.13 bits per heavy atom. The van der Waals surface area contributed by atoms with Gasteiger partial charge >= 0.3 is 12.1 Å². The predicted molar refractivity (Wildman–Crippen MR) is 105 cm³/mol. The summed E-state index contributed by atoms with van der Waals surface area (Å²) in [5.41, 5.74) is 3.31. The standard InChI is InChI=1S/C18H15N3O2S.C2HF3O2/c19-10-13-4-6-16(7-5-13)24(22,23)21-12-15-8-9-20-11-14-2-1-3-17(21)18(14)15;3-2(4,5)1(6)7/h1-7,12,20H,8-9,11H2;(H,6,7). The van der Waals surface area contributed by atoms with Crippen LogP contribution in [0.15, 0.2) is 53.6 Å². The maximum atomic E-state index is 13.1. The number of benzene rings is 2. The summed E-state index contributed by atoms with van der Waals surface area (Å²) in [5.74, 6) is -2.76. The molecule has 1 aromatic heterocycles. The van der Waals surface area contributed by atoms with E-state index in [4.69, 9.17) is 15.2 Å². The van der Waals surface area contributed by atoms with Gasteiger partial charge in [-0.15, -0.1) is 0 Å². The highest BCUT2D eigenvalue weighted by Gasteiger charge is 2.38.